The number of unbranched alkanes of at least 4 members (excludes halogenated alkanes) is 14. The van der Waals surface area contributed by atoms with Gasteiger partial charge < -0.3 is 25.7 Å². The summed E-state index contributed by atoms with van der Waals surface area (Å²) in [6, 6.07) is -1.02. The highest BCUT2D eigenvalue weighted by molar-refractivity contribution is 5.80. The van der Waals surface area contributed by atoms with Crippen LogP contribution in [0.5, 0.6) is 0 Å². The largest absolute Gasteiger partial charge is 0.394 e. The van der Waals surface area contributed by atoms with Gasteiger partial charge in [0, 0.05) is 0 Å². The topological polar surface area (TPSA) is 110 Å². The second-order valence-electron chi connectivity index (χ2n) is 12.2. The van der Waals surface area contributed by atoms with E-state index < -0.39 is 36.9 Å². The first-order valence-corrected chi connectivity index (χ1v) is 18.0. The van der Waals surface area contributed by atoms with E-state index in [-0.39, 0.29) is 0 Å². The quantitative estimate of drug-likeness (QED) is 0.0395. The Balaban J connectivity index is 3.93. The Labute approximate surface area is 270 Å². The molecular formula is C38H69NO5. The summed E-state index contributed by atoms with van der Waals surface area (Å²) >= 11 is 0. The molecule has 4 unspecified atom stereocenters. The summed E-state index contributed by atoms with van der Waals surface area (Å²) in [4.78, 5) is 12.4. The summed E-state index contributed by atoms with van der Waals surface area (Å²) in [5.74, 6) is -0.619. The molecule has 0 aromatic carbocycles. The smallest absolute Gasteiger partial charge is 0.249 e. The van der Waals surface area contributed by atoms with E-state index >= 15 is 0 Å². The lowest BCUT2D eigenvalue weighted by Crippen LogP contribution is -2.53. The van der Waals surface area contributed by atoms with Crippen molar-refractivity contribution in [3.8, 4) is 0 Å². The molecule has 0 aromatic heterocycles. The summed E-state index contributed by atoms with van der Waals surface area (Å²) in [6.07, 6.45) is 37.1. The SMILES string of the molecule is CCCC/C=C\CCCCCC(O)C(=O)NC(CO)C(O)C(O)CCC/C=C/CC/C=C/CC/C=C/CCCCCCCC. The Morgan fingerprint density at radius 3 is 1.50 bits per heavy atom. The van der Waals surface area contributed by atoms with Crippen LogP contribution in [0.15, 0.2) is 48.6 Å². The van der Waals surface area contributed by atoms with Crippen LogP contribution in [0, 0.1) is 0 Å². The van der Waals surface area contributed by atoms with Gasteiger partial charge in [-0.15, -0.1) is 0 Å². The molecule has 0 fully saturated rings. The Hall–Kier alpha value is -1.73. The highest BCUT2D eigenvalue weighted by Gasteiger charge is 2.28. The number of hydrogen-bond acceptors (Lipinski definition) is 5. The highest BCUT2D eigenvalue weighted by atomic mass is 16.3. The van der Waals surface area contributed by atoms with Gasteiger partial charge in [-0.3, -0.25) is 4.79 Å². The standard InChI is InChI=1S/C38H69NO5/c1-3-5-7-9-11-13-14-15-16-17-18-19-20-21-22-24-25-27-29-31-35(41)37(43)34(33-40)39-38(44)36(42)32-30-28-26-23-12-10-8-6-4-2/h10,12,15-16,19-20,24-25,34-37,40-43H,3-9,11,13-14,17-18,21-23,26-33H2,1-2H3,(H,39,44)/b12-10-,16-15+,20-19+,25-24+. The average Bonchev–Trinajstić information content (AvgIpc) is 3.03. The molecule has 0 aliphatic rings. The van der Waals surface area contributed by atoms with Crippen LogP contribution in [-0.4, -0.2) is 57.3 Å². The molecule has 0 heterocycles. The molecule has 0 aromatic rings. The van der Waals surface area contributed by atoms with Crippen molar-refractivity contribution < 1.29 is 25.2 Å². The third-order valence-electron chi connectivity index (χ3n) is 7.97. The van der Waals surface area contributed by atoms with E-state index in [1.54, 1.807) is 0 Å². The van der Waals surface area contributed by atoms with Crippen molar-refractivity contribution in [1.29, 1.82) is 0 Å². The summed E-state index contributed by atoms with van der Waals surface area (Å²) in [5, 5.41) is 43.2. The van der Waals surface area contributed by atoms with Gasteiger partial charge in [0.1, 0.15) is 12.2 Å². The Morgan fingerprint density at radius 2 is 0.977 bits per heavy atom. The minimum Gasteiger partial charge on any atom is -0.394 e. The van der Waals surface area contributed by atoms with Crippen molar-refractivity contribution in [3.63, 3.8) is 0 Å². The van der Waals surface area contributed by atoms with Crippen LogP contribution < -0.4 is 5.32 Å². The first kappa shape index (κ1) is 42.3. The molecule has 0 saturated carbocycles. The molecule has 256 valence electrons. The Kier molecular flexibility index (Phi) is 31.4. The number of hydrogen-bond donors (Lipinski definition) is 5. The van der Waals surface area contributed by atoms with Crippen molar-refractivity contribution in [2.45, 2.75) is 179 Å². The van der Waals surface area contributed by atoms with Crippen LogP contribution in [0.4, 0.5) is 0 Å². The fourth-order valence-corrected chi connectivity index (χ4v) is 5.00. The number of rotatable bonds is 31. The Morgan fingerprint density at radius 1 is 0.545 bits per heavy atom. The molecule has 4 atom stereocenters. The van der Waals surface area contributed by atoms with Crippen LogP contribution in [-0.2, 0) is 4.79 Å². The maximum atomic E-state index is 12.4. The van der Waals surface area contributed by atoms with Gasteiger partial charge >= 0.3 is 0 Å². The molecular weight excluding hydrogens is 550 g/mol. The second kappa shape index (κ2) is 32.7. The van der Waals surface area contributed by atoms with Gasteiger partial charge in [0.25, 0.3) is 0 Å². The average molecular weight is 620 g/mol. The van der Waals surface area contributed by atoms with Gasteiger partial charge in [-0.1, -0.05) is 120 Å². The number of amides is 1. The van der Waals surface area contributed by atoms with Gasteiger partial charge in [0.2, 0.25) is 5.91 Å². The summed E-state index contributed by atoms with van der Waals surface area (Å²) in [7, 11) is 0. The molecule has 0 spiro atoms. The van der Waals surface area contributed by atoms with Crippen molar-refractivity contribution >= 4 is 5.91 Å². The minimum atomic E-state index is -1.30. The number of nitrogens with one attached hydrogen (secondary N) is 1. The van der Waals surface area contributed by atoms with Gasteiger partial charge in [0.15, 0.2) is 0 Å². The highest BCUT2D eigenvalue weighted by Crippen LogP contribution is 2.12. The first-order valence-electron chi connectivity index (χ1n) is 18.0. The van der Waals surface area contributed by atoms with Crippen LogP contribution in [0.25, 0.3) is 0 Å². The van der Waals surface area contributed by atoms with Gasteiger partial charge in [-0.05, 0) is 83.5 Å². The van der Waals surface area contributed by atoms with E-state index in [1.165, 1.54) is 57.8 Å². The van der Waals surface area contributed by atoms with E-state index in [2.05, 4.69) is 67.8 Å². The third kappa shape index (κ3) is 26.7. The van der Waals surface area contributed by atoms with E-state index in [9.17, 15) is 25.2 Å². The molecule has 5 N–H and O–H groups in total. The predicted octanol–water partition coefficient (Wildman–Crippen LogP) is 8.39. The summed E-state index contributed by atoms with van der Waals surface area (Å²) in [6.45, 7) is 3.93. The van der Waals surface area contributed by atoms with E-state index in [1.807, 2.05) is 0 Å². The van der Waals surface area contributed by atoms with Crippen LogP contribution in [0.1, 0.15) is 155 Å². The van der Waals surface area contributed by atoms with Crippen molar-refractivity contribution in [2.24, 2.45) is 0 Å². The first-order chi connectivity index (χ1) is 21.5. The van der Waals surface area contributed by atoms with Crippen molar-refractivity contribution in [3.05, 3.63) is 48.6 Å². The molecule has 44 heavy (non-hydrogen) atoms. The van der Waals surface area contributed by atoms with Crippen molar-refractivity contribution in [2.75, 3.05) is 6.61 Å². The normalized spacial score (nSPS) is 15.1. The minimum absolute atomic E-state index is 0.334. The zero-order chi connectivity index (χ0) is 32.5. The molecule has 0 rings (SSSR count). The van der Waals surface area contributed by atoms with Crippen LogP contribution in [0.3, 0.4) is 0 Å². The fraction of sp³-hybridized carbons (Fsp3) is 0.763. The zero-order valence-electron chi connectivity index (χ0n) is 28.4. The van der Waals surface area contributed by atoms with E-state index in [4.69, 9.17) is 0 Å². The second-order valence-corrected chi connectivity index (χ2v) is 12.2. The number of carbonyl (C=O) groups is 1. The molecule has 0 aliphatic carbocycles. The molecule has 0 aliphatic heterocycles. The number of allylic oxidation sites excluding steroid dienone is 8. The van der Waals surface area contributed by atoms with Crippen LogP contribution >= 0.6 is 0 Å². The molecule has 0 radical (unpaired) electrons. The lowest BCUT2D eigenvalue weighted by atomic mass is 10.00. The molecule has 0 saturated heterocycles. The predicted molar refractivity (Wildman–Crippen MR) is 187 cm³/mol. The molecule has 6 nitrogen and oxygen atoms in total. The van der Waals surface area contributed by atoms with Crippen LogP contribution in [0.2, 0.25) is 0 Å². The number of aliphatic hydroxyl groups is 4. The molecule has 0 bridgehead atoms. The molecule has 1 amide bonds. The fourth-order valence-electron chi connectivity index (χ4n) is 5.00. The molecule has 6 heteroatoms. The van der Waals surface area contributed by atoms with Gasteiger partial charge in [-0.2, -0.15) is 0 Å². The Bertz CT molecular complexity index is 748. The zero-order valence-corrected chi connectivity index (χ0v) is 28.4. The number of aliphatic hydroxyl groups excluding tert-OH is 4. The van der Waals surface area contributed by atoms with Gasteiger partial charge in [0.05, 0.1) is 18.8 Å². The lowest BCUT2D eigenvalue weighted by Gasteiger charge is -2.27. The summed E-state index contributed by atoms with van der Waals surface area (Å²) < 4.78 is 0. The third-order valence-corrected chi connectivity index (χ3v) is 7.97. The lowest BCUT2D eigenvalue weighted by molar-refractivity contribution is -0.132. The summed E-state index contributed by atoms with van der Waals surface area (Å²) in [5.41, 5.74) is 0. The van der Waals surface area contributed by atoms with Crippen molar-refractivity contribution in [1.82, 2.24) is 5.32 Å². The van der Waals surface area contributed by atoms with E-state index in [0.29, 0.717) is 19.3 Å². The van der Waals surface area contributed by atoms with E-state index in [0.717, 1.165) is 64.2 Å². The number of carbonyl (C=O) groups excluding carboxylic acids is 1. The monoisotopic (exact) mass is 620 g/mol. The maximum absolute atomic E-state index is 12.4. The van der Waals surface area contributed by atoms with Gasteiger partial charge in [-0.25, -0.2) is 0 Å². The maximum Gasteiger partial charge on any atom is 0.249 e.